The highest BCUT2D eigenvalue weighted by molar-refractivity contribution is 5.94. The van der Waals surface area contributed by atoms with Gasteiger partial charge in [-0.05, 0) is 12.8 Å². The van der Waals surface area contributed by atoms with E-state index >= 15 is 0 Å². The zero-order chi connectivity index (χ0) is 11.9. The summed E-state index contributed by atoms with van der Waals surface area (Å²) in [7, 11) is 0. The second-order valence-corrected chi connectivity index (χ2v) is 3.45. The van der Waals surface area contributed by atoms with Crippen molar-refractivity contribution in [3.05, 3.63) is 0 Å². The summed E-state index contributed by atoms with van der Waals surface area (Å²) in [6.45, 7) is 4.01. The Morgan fingerprint density at radius 2 is 1.87 bits per heavy atom. The van der Waals surface area contributed by atoms with Crippen molar-refractivity contribution in [1.29, 1.82) is 0 Å². The van der Waals surface area contributed by atoms with Crippen LogP contribution < -0.4 is 16.4 Å². The minimum Gasteiger partial charge on any atom is -0.389 e. The van der Waals surface area contributed by atoms with Gasteiger partial charge in [0.15, 0.2) is 0 Å². The van der Waals surface area contributed by atoms with Crippen LogP contribution in [0.2, 0.25) is 0 Å². The number of hydrogen-bond acceptors (Lipinski definition) is 4. The van der Waals surface area contributed by atoms with Crippen LogP contribution in [0.3, 0.4) is 0 Å². The van der Waals surface area contributed by atoms with Crippen LogP contribution in [0.1, 0.15) is 26.7 Å². The van der Waals surface area contributed by atoms with Gasteiger partial charge in [-0.2, -0.15) is 0 Å². The summed E-state index contributed by atoms with van der Waals surface area (Å²) >= 11 is 0. The molecule has 0 rings (SSSR count). The van der Waals surface area contributed by atoms with Gasteiger partial charge in [-0.3, -0.25) is 10.1 Å². The fourth-order valence-electron chi connectivity index (χ4n) is 1.09. The van der Waals surface area contributed by atoms with Crippen molar-refractivity contribution in [3.8, 4) is 0 Å². The molecule has 0 aliphatic heterocycles. The number of hydrogen-bond donors (Lipinski definition) is 4. The zero-order valence-corrected chi connectivity index (χ0v) is 9.17. The van der Waals surface area contributed by atoms with E-state index in [-0.39, 0.29) is 6.54 Å². The van der Waals surface area contributed by atoms with E-state index in [1.165, 1.54) is 0 Å². The van der Waals surface area contributed by atoms with E-state index in [1.807, 2.05) is 19.2 Å². The smallest absolute Gasteiger partial charge is 0.318 e. The van der Waals surface area contributed by atoms with Crippen LogP contribution in [0.4, 0.5) is 4.79 Å². The molecule has 0 aliphatic carbocycles. The molecule has 5 N–H and O–H groups in total. The Labute approximate surface area is 89.2 Å². The minimum absolute atomic E-state index is 0.0365. The van der Waals surface area contributed by atoms with Gasteiger partial charge in [-0.15, -0.1) is 0 Å². The average Bonchev–Trinajstić information content (AvgIpc) is 2.16. The molecule has 0 aliphatic rings. The fraction of sp³-hybridized carbons (Fsp3) is 0.778. The molecule has 0 aromatic carbocycles. The normalized spacial score (nSPS) is 11.1. The summed E-state index contributed by atoms with van der Waals surface area (Å²) < 4.78 is 0. The van der Waals surface area contributed by atoms with E-state index in [4.69, 9.17) is 5.73 Å². The van der Waals surface area contributed by atoms with Gasteiger partial charge >= 0.3 is 6.03 Å². The van der Waals surface area contributed by atoms with Gasteiger partial charge in [-0.25, -0.2) is 4.79 Å². The Balaban J connectivity index is 3.78. The zero-order valence-electron chi connectivity index (χ0n) is 9.17. The maximum atomic E-state index is 11.0. The third-order valence-corrected chi connectivity index (χ3v) is 2.32. The molecule has 0 aromatic heterocycles. The monoisotopic (exact) mass is 217 g/mol. The number of primary amides is 1. The number of aliphatic hydroxyl groups is 1. The van der Waals surface area contributed by atoms with Crippen LogP contribution >= 0.6 is 0 Å². The van der Waals surface area contributed by atoms with Crippen molar-refractivity contribution in [2.45, 2.75) is 32.3 Å². The predicted octanol–water partition coefficient (Wildman–Crippen LogP) is -0.678. The van der Waals surface area contributed by atoms with Gasteiger partial charge in [-0.1, -0.05) is 13.8 Å². The second-order valence-electron chi connectivity index (χ2n) is 3.45. The van der Waals surface area contributed by atoms with Gasteiger partial charge in [0.1, 0.15) is 0 Å². The van der Waals surface area contributed by atoms with Crippen LogP contribution in [0.5, 0.6) is 0 Å². The first kappa shape index (κ1) is 13.9. The lowest BCUT2D eigenvalue weighted by Crippen LogP contribution is -2.45. The van der Waals surface area contributed by atoms with E-state index in [9.17, 15) is 14.7 Å². The number of rotatable bonds is 6. The van der Waals surface area contributed by atoms with E-state index in [0.717, 1.165) is 0 Å². The van der Waals surface area contributed by atoms with Crippen molar-refractivity contribution in [3.63, 3.8) is 0 Å². The summed E-state index contributed by atoms with van der Waals surface area (Å²) in [6.07, 6.45) is 1.21. The lowest BCUT2D eigenvalue weighted by Gasteiger charge is -2.25. The molecule has 0 unspecified atom stereocenters. The second kappa shape index (κ2) is 6.36. The van der Waals surface area contributed by atoms with Crippen LogP contribution in [0.25, 0.3) is 0 Å². The fourth-order valence-corrected chi connectivity index (χ4v) is 1.09. The molecular weight excluding hydrogens is 198 g/mol. The molecule has 0 radical (unpaired) electrons. The third-order valence-electron chi connectivity index (χ3n) is 2.32. The Morgan fingerprint density at radius 3 is 2.27 bits per heavy atom. The highest BCUT2D eigenvalue weighted by Gasteiger charge is 2.21. The van der Waals surface area contributed by atoms with Gasteiger partial charge in [0.05, 0.1) is 12.1 Å². The number of urea groups is 1. The Hall–Kier alpha value is -1.14. The van der Waals surface area contributed by atoms with Gasteiger partial charge < -0.3 is 16.2 Å². The molecule has 0 heterocycles. The first-order valence-electron chi connectivity index (χ1n) is 4.96. The Kier molecular flexibility index (Phi) is 5.88. The summed E-state index contributed by atoms with van der Waals surface area (Å²) in [5.74, 6) is -0.503. The van der Waals surface area contributed by atoms with Gasteiger partial charge in [0.25, 0.3) is 0 Å². The maximum absolute atomic E-state index is 11.0. The molecule has 0 saturated carbocycles. The number of imide groups is 1. The average molecular weight is 217 g/mol. The molecule has 6 heteroatoms. The number of carbonyl (C=O) groups is 2. The molecule has 0 fully saturated rings. The van der Waals surface area contributed by atoms with Crippen LogP contribution in [0, 0.1) is 0 Å². The van der Waals surface area contributed by atoms with Crippen molar-refractivity contribution < 1.29 is 14.7 Å². The first-order valence-corrected chi connectivity index (χ1v) is 4.96. The summed E-state index contributed by atoms with van der Waals surface area (Å²) in [6, 6.07) is -0.872. The molecule has 3 amide bonds. The van der Waals surface area contributed by atoms with E-state index in [1.54, 1.807) is 0 Å². The van der Waals surface area contributed by atoms with Gasteiger partial charge in [0, 0.05) is 6.54 Å². The van der Waals surface area contributed by atoms with Crippen molar-refractivity contribution in [2.75, 3.05) is 13.1 Å². The Bertz CT molecular complexity index is 227. The molecule has 88 valence electrons. The maximum Gasteiger partial charge on any atom is 0.318 e. The highest BCUT2D eigenvalue weighted by atomic mass is 16.3. The molecule has 0 atom stereocenters. The number of nitrogens with two attached hydrogens (primary N) is 1. The largest absolute Gasteiger partial charge is 0.389 e. The molecule has 6 nitrogen and oxygen atoms in total. The van der Waals surface area contributed by atoms with Crippen LogP contribution in [-0.2, 0) is 4.79 Å². The van der Waals surface area contributed by atoms with E-state index in [2.05, 4.69) is 5.32 Å². The molecular formula is C9H19N3O3. The van der Waals surface area contributed by atoms with Crippen molar-refractivity contribution in [2.24, 2.45) is 5.73 Å². The van der Waals surface area contributed by atoms with Crippen LogP contribution in [-0.4, -0.2) is 35.7 Å². The standard InChI is InChI=1S/C9H19N3O3/c1-3-9(15,4-2)6-11-5-7(13)12-8(10)14/h11,15H,3-6H2,1-2H3,(H3,10,12,13,14). The van der Waals surface area contributed by atoms with E-state index < -0.39 is 17.5 Å². The minimum atomic E-state index is -0.872. The lowest BCUT2D eigenvalue weighted by molar-refractivity contribution is -0.119. The number of amides is 3. The number of carbonyl (C=O) groups excluding carboxylic acids is 2. The van der Waals surface area contributed by atoms with E-state index in [0.29, 0.717) is 19.4 Å². The summed E-state index contributed by atoms with van der Waals surface area (Å²) in [4.78, 5) is 21.3. The van der Waals surface area contributed by atoms with Gasteiger partial charge in [0.2, 0.25) is 5.91 Å². The van der Waals surface area contributed by atoms with Crippen molar-refractivity contribution in [1.82, 2.24) is 10.6 Å². The first-order chi connectivity index (χ1) is 6.93. The summed E-state index contributed by atoms with van der Waals surface area (Å²) in [5, 5.41) is 14.5. The Morgan fingerprint density at radius 1 is 1.33 bits per heavy atom. The third kappa shape index (κ3) is 6.03. The topological polar surface area (TPSA) is 104 Å². The SMILES string of the molecule is CCC(O)(CC)CNCC(=O)NC(N)=O. The van der Waals surface area contributed by atoms with Crippen molar-refractivity contribution >= 4 is 11.9 Å². The quantitative estimate of drug-likeness (QED) is 0.473. The summed E-state index contributed by atoms with van der Waals surface area (Å²) in [5.41, 5.74) is 3.96. The predicted molar refractivity (Wildman–Crippen MR) is 56.1 cm³/mol. The molecule has 15 heavy (non-hydrogen) atoms. The molecule has 0 spiro atoms. The molecule has 0 bridgehead atoms. The number of nitrogens with one attached hydrogen (secondary N) is 2. The lowest BCUT2D eigenvalue weighted by atomic mass is 9.98. The molecule has 0 saturated heterocycles. The highest BCUT2D eigenvalue weighted by Crippen LogP contribution is 2.12. The van der Waals surface area contributed by atoms with Crippen LogP contribution in [0.15, 0.2) is 0 Å². The molecule has 0 aromatic rings.